The second-order valence-electron chi connectivity index (χ2n) is 10.3. The first-order valence-electron chi connectivity index (χ1n) is 12.8. The van der Waals surface area contributed by atoms with Crippen LogP contribution in [-0.2, 0) is 15.2 Å². The van der Waals surface area contributed by atoms with E-state index in [2.05, 4.69) is 16.5 Å². The maximum Gasteiger partial charge on any atom is 0.251 e. The Morgan fingerprint density at radius 1 is 1.14 bits per heavy atom. The van der Waals surface area contributed by atoms with Crippen molar-refractivity contribution in [3.63, 3.8) is 0 Å². The molecular formula is C28H35N5O3. The summed E-state index contributed by atoms with van der Waals surface area (Å²) in [5.41, 5.74) is 0.790. The van der Waals surface area contributed by atoms with E-state index in [1.165, 1.54) is 16.2 Å². The summed E-state index contributed by atoms with van der Waals surface area (Å²) in [6, 6.07) is 9.11. The fourth-order valence-electron chi connectivity index (χ4n) is 5.22. The maximum absolute atomic E-state index is 14.1. The van der Waals surface area contributed by atoms with Gasteiger partial charge in [-0.1, -0.05) is 37.5 Å². The van der Waals surface area contributed by atoms with Crippen LogP contribution in [0, 0.1) is 11.5 Å². The number of aliphatic hydroxyl groups is 1. The van der Waals surface area contributed by atoms with Gasteiger partial charge in [0.1, 0.15) is 12.1 Å². The number of aromatic nitrogens is 1. The number of hydrogen-bond acceptors (Lipinski definition) is 6. The van der Waals surface area contributed by atoms with Crippen LogP contribution < -0.4 is 10.2 Å². The minimum Gasteiger partial charge on any atom is -0.386 e. The molecule has 1 aliphatic heterocycles. The van der Waals surface area contributed by atoms with Crippen molar-refractivity contribution in [3.05, 3.63) is 59.9 Å². The number of carbonyl (C=O) groups excluding carboxylic acids is 2. The van der Waals surface area contributed by atoms with Crippen molar-refractivity contribution in [1.29, 1.82) is 5.26 Å². The van der Waals surface area contributed by atoms with Gasteiger partial charge in [0.05, 0.1) is 5.60 Å². The molecule has 1 aromatic carbocycles. The quantitative estimate of drug-likeness (QED) is 0.573. The average molecular weight is 490 g/mol. The number of rotatable bonds is 7. The van der Waals surface area contributed by atoms with Crippen LogP contribution in [0.1, 0.15) is 76.0 Å². The van der Waals surface area contributed by atoms with Gasteiger partial charge in [-0.25, -0.2) is 0 Å². The number of amides is 2. The highest BCUT2D eigenvalue weighted by Gasteiger charge is 2.40. The number of carbonyl (C=O) groups is 2. The number of nitrogens with one attached hydrogen (secondary N) is 1. The Morgan fingerprint density at radius 2 is 1.86 bits per heavy atom. The van der Waals surface area contributed by atoms with Crippen LogP contribution in [0.25, 0.3) is 0 Å². The largest absolute Gasteiger partial charge is 0.386 e. The van der Waals surface area contributed by atoms with E-state index in [1.54, 1.807) is 62.6 Å². The predicted octanol–water partition coefficient (Wildman–Crippen LogP) is 3.78. The van der Waals surface area contributed by atoms with Crippen molar-refractivity contribution >= 4 is 17.5 Å². The fourth-order valence-corrected chi connectivity index (χ4v) is 5.22. The first-order chi connectivity index (χ1) is 17.3. The van der Waals surface area contributed by atoms with E-state index >= 15 is 0 Å². The first-order valence-corrected chi connectivity index (χ1v) is 12.8. The monoisotopic (exact) mass is 489 g/mol. The van der Waals surface area contributed by atoms with Crippen molar-refractivity contribution in [1.82, 2.24) is 15.2 Å². The third-order valence-electron chi connectivity index (χ3n) is 7.21. The van der Waals surface area contributed by atoms with Crippen molar-refractivity contribution in [2.24, 2.45) is 0 Å². The number of benzene rings is 1. The van der Waals surface area contributed by atoms with Crippen LogP contribution in [-0.4, -0.2) is 45.4 Å². The summed E-state index contributed by atoms with van der Waals surface area (Å²) in [5, 5.41) is 23.3. The van der Waals surface area contributed by atoms with E-state index in [0.29, 0.717) is 29.8 Å². The van der Waals surface area contributed by atoms with Gasteiger partial charge in [-0.15, -0.1) is 0 Å². The van der Waals surface area contributed by atoms with Crippen molar-refractivity contribution < 1.29 is 14.7 Å². The Kier molecular flexibility index (Phi) is 7.90. The maximum atomic E-state index is 14.1. The Hall–Kier alpha value is -3.44. The average Bonchev–Trinajstić information content (AvgIpc) is 3.36. The molecule has 1 saturated heterocycles. The second-order valence-corrected chi connectivity index (χ2v) is 10.3. The second kappa shape index (κ2) is 11.1. The summed E-state index contributed by atoms with van der Waals surface area (Å²) in [6.07, 6.45) is 11.8. The summed E-state index contributed by atoms with van der Waals surface area (Å²) in [7, 11) is 0. The number of hydrogen-bond donors (Lipinski definition) is 2. The van der Waals surface area contributed by atoms with Gasteiger partial charge in [0.15, 0.2) is 6.19 Å². The highest BCUT2D eigenvalue weighted by atomic mass is 16.3. The summed E-state index contributed by atoms with van der Waals surface area (Å²) < 4.78 is 0. The van der Waals surface area contributed by atoms with Gasteiger partial charge >= 0.3 is 0 Å². The topological polar surface area (TPSA) is 110 Å². The van der Waals surface area contributed by atoms with E-state index in [-0.39, 0.29) is 17.9 Å². The number of nitrogens with zero attached hydrogens (tertiary/aromatic N) is 4. The molecule has 2 fully saturated rings. The standard InChI is InChI=1S/C28H35N5O3/c1-28(2,36)21-12-14-23(15-13-21)33(27(35)24-11-7-17-32(24)19-29)25(20-8-6-16-30-18-20)26(34)31-22-9-4-3-5-10-22/h6,8,12-16,18,22,24-25,36H,3-5,7,9-11,17H2,1-2H3,(H,31,34). The Bertz CT molecular complexity index is 1080. The zero-order valence-electron chi connectivity index (χ0n) is 21.1. The molecule has 2 aliphatic rings. The zero-order valence-corrected chi connectivity index (χ0v) is 21.1. The van der Waals surface area contributed by atoms with Crippen molar-refractivity contribution in [2.75, 3.05) is 11.4 Å². The van der Waals surface area contributed by atoms with Crippen LogP contribution in [0.5, 0.6) is 0 Å². The lowest BCUT2D eigenvalue weighted by atomic mass is 9.94. The molecule has 2 N–H and O–H groups in total. The number of nitriles is 1. The van der Waals surface area contributed by atoms with E-state index in [1.807, 2.05) is 0 Å². The molecule has 0 radical (unpaired) electrons. The van der Waals surface area contributed by atoms with Gasteiger partial charge in [-0.2, -0.15) is 5.26 Å². The molecule has 2 heterocycles. The zero-order chi connectivity index (χ0) is 25.7. The normalized spacial score (nSPS) is 19.4. The number of anilines is 1. The predicted molar refractivity (Wildman–Crippen MR) is 137 cm³/mol. The van der Waals surface area contributed by atoms with E-state index in [9.17, 15) is 20.0 Å². The van der Waals surface area contributed by atoms with Crippen molar-refractivity contribution in [3.8, 4) is 6.19 Å². The molecule has 1 aromatic heterocycles. The molecule has 8 heteroatoms. The molecule has 1 aliphatic carbocycles. The summed E-state index contributed by atoms with van der Waals surface area (Å²) >= 11 is 0. The van der Waals surface area contributed by atoms with Crippen LogP contribution in [0.4, 0.5) is 5.69 Å². The molecule has 2 amide bonds. The Balaban J connectivity index is 1.77. The summed E-state index contributed by atoms with van der Waals surface area (Å²) in [5.74, 6) is -0.547. The first kappa shape index (κ1) is 25.6. The molecule has 8 nitrogen and oxygen atoms in total. The van der Waals surface area contributed by atoms with Gasteiger partial charge in [0.2, 0.25) is 5.91 Å². The number of likely N-dealkylation sites (tertiary alicyclic amines) is 1. The van der Waals surface area contributed by atoms with E-state index in [0.717, 1.165) is 32.1 Å². The highest BCUT2D eigenvalue weighted by Crippen LogP contribution is 2.33. The SMILES string of the molecule is CC(C)(O)c1ccc(N(C(=O)C2CCCN2C#N)C(C(=O)NC2CCCCC2)c2cccnc2)cc1. The van der Waals surface area contributed by atoms with Crippen molar-refractivity contribution in [2.45, 2.75) is 82.5 Å². The minimum absolute atomic E-state index is 0.0713. The third kappa shape index (κ3) is 5.68. The highest BCUT2D eigenvalue weighted by molar-refractivity contribution is 6.04. The molecular weight excluding hydrogens is 454 g/mol. The lowest BCUT2D eigenvalue weighted by Gasteiger charge is -2.35. The van der Waals surface area contributed by atoms with Gasteiger partial charge < -0.3 is 10.4 Å². The lowest BCUT2D eigenvalue weighted by Crippen LogP contribution is -2.51. The molecule has 2 atom stereocenters. The number of pyridine rings is 1. The van der Waals surface area contributed by atoms with Crippen LogP contribution in [0.3, 0.4) is 0 Å². The van der Waals surface area contributed by atoms with Gasteiger partial charge in [-0.3, -0.25) is 24.4 Å². The molecule has 2 unspecified atom stereocenters. The summed E-state index contributed by atoms with van der Waals surface area (Å²) in [6.45, 7) is 3.92. The van der Waals surface area contributed by atoms with Gasteiger partial charge in [0.25, 0.3) is 5.91 Å². The molecule has 0 spiro atoms. The Labute approximate surface area is 212 Å². The van der Waals surface area contributed by atoms with Crippen LogP contribution in [0.15, 0.2) is 48.8 Å². The molecule has 1 saturated carbocycles. The van der Waals surface area contributed by atoms with E-state index < -0.39 is 17.7 Å². The third-order valence-corrected chi connectivity index (χ3v) is 7.21. The molecule has 0 bridgehead atoms. The lowest BCUT2D eigenvalue weighted by molar-refractivity contribution is -0.128. The van der Waals surface area contributed by atoms with Crippen LogP contribution >= 0.6 is 0 Å². The Morgan fingerprint density at radius 3 is 2.47 bits per heavy atom. The van der Waals surface area contributed by atoms with Crippen LogP contribution in [0.2, 0.25) is 0 Å². The molecule has 4 rings (SSSR count). The summed E-state index contributed by atoms with van der Waals surface area (Å²) in [4.78, 5) is 35.2. The molecule has 190 valence electrons. The molecule has 2 aromatic rings. The fraction of sp³-hybridized carbons (Fsp3) is 0.500. The minimum atomic E-state index is -1.04. The smallest absolute Gasteiger partial charge is 0.251 e. The molecule has 36 heavy (non-hydrogen) atoms. The van der Waals surface area contributed by atoms with Gasteiger partial charge in [0, 0.05) is 36.2 Å². The van der Waals surface area contributed by atoms with E-state index in [4.69, 9.17) is 0 Å². The van der Waals surface area contributed by atoms with Gasteiger partial charge in [-0.05, 0) is 63.3 Å².